The molecule has 0 amide bonds. The maximum atomic E-state index is 15.5. The average molecular weight is 523 g/mol. The summed E-state index contributed by atoms with van der Waals surface area (Å²) in [5, 5.41) is 0. The maximum absolute atomic E-state index is 15.5. The fourth-order valence-electron chi connectivity index (χ4n) is 6.80. The van der Waals surface area contributed by atoms with E-state index in [1.165, 1.54) is 19.9 Å². The lowest BCUT2D eigenvalue weighted by atomic mass is 9.51. The molecule has 0 heterocycles. The normalized spacial score (nSPS) is 39.3. The van der Waals surface area contributed by atoms with Crippen molar-refractivity contribution in [3.8, 4) is 0 Å². The first kappa shape index (κ1) is 24.0. The molecule has 4 rings (SSSR count). The minimum absolute atomic E-state index is 0.112. The van der Waals surface area contributed by atoms with Crippen molar-refractivity contribution >= 4 is 39.4 Å². The SMILES string of the molecule is CC(=O)OCC(=O)[C@@]1(OC(C)=O)CC[C@H]2[C@@H]3C[C@@H](F)C4=CC(=O)C(Br)=C[C@]4(C)C3=CC[C@@]21C. The zero-order chi connectivity index (χ0) is 24.3. The van der Waals surface area contributed by atoms with E-state index in [9.17, 15) is 19.2 Å². The molecule has 0 radical (unpaired) electrons. The van der Waals surface area contributed by atoms with Crippen LogP contribution in [0.3, 0.4) is 0 Å². The van der Waals surface area contributed by atoms with Gasteiger partial charge in [0.1, 0.15) is 6.17 Å². The molecule has 0 spiro atoms. The molecule has 2 saturated carbocycles. The monoisotopic (exact) mass is 522 g/mol. The second-order valence-electron chi connectivity index (χ2n) is 10.0. The molecule has 0 N–H and O–H groups in total. The second kappa shape index (κ2) is 8.00. The summed E-state index contributed by atoms with van der Waals surface area (Å²) in [5.41, 5.74) is -1.43. The van der Waals surface area contributed by atoms with Crippen LogP contribution in [0.4, 0.5) is 4.39 Å². The molecule has 2 fully saturated rings. The Morgan fingerprint density at radius 3 is 2.52 bits per heavy atom. The summed E-state index contributed by atoms with van der Waals surface area (Å²) >= 11 is 3.32. The number of alkyl halides is 1. The van der Waals surface area contributed by atoms with E-state index in [1.807, 2.05) is 19.9 Å². The van der Waals surface area contributed by atoms with E-state index in [0.29, 0.717) is 29.3 Å². The molecular formula is C25H28BrFO6. The third kappa shape index (κ3) is 3.47. The van der Waals surface area contributed by atoms with Crippen LogP contribution in [0.5, 0.6) is 0 Å². The Hall–Kier alpha value is -2.09. The van der Waals surface area contributed by atoms with Crippen molar-refractivity contribution < 1.29 is 33.0 Å². The molecule has 8 heteroatoms. The number of allylic oxidation sites excluding steroid dienone is 6. The zero-order valence-corrected chi connectivity index (χ0v) is 20.8. The van der Waals surface area contributed by atoms with Crippen LogP contribution in [-0.4, -0.2) is 41.9 Å². The van der Waals surface area contributed by atoms with Crippen molar-refractivity contribution in [3.05, 3.63) is 33.9 Å². The predicted molar refractivity (Wildman–Crippen MR) is 121 cm³/mol. The molecule has 0 bridgehead atoms. The van der Waals surface area contributed by atoms with Gasteiger partial charge in [-0.15, -0.1) is 0 Å². The van der Waals surface area contributed by atoms with E-state index in [4.69, 9.17) is 9.47 Å². The minimum Gasteiger partial charge on any atom is -0.458 e. The highest BCUT2D eigenvalue weighted by atomic mass is 79.9. The summed E-state index contributed by atoms with van der Waals surface area (Å²) in [4.78, 5) is 49.0. The number of hydrogen-bond acceptors (Lipinski definition) is 6. The molecule has 0 aromatic carbocycles. The van der Waals surface area contributed by atoms with Crippen LogP contribution in [0.15, 0.2) is 33.9 Å². The molecular weight excluding hydrogens is 495 g/mol. The summed E-state index contributed by atoms with van der Waals surface area (Å²) in [6.07, 6.45) is 5.46. The Balaban J connectivity index is 1.78. The summed E-state index contributed by atoms with van der Waals surface area (Å²) in [5.74, 6) is -2.14. The van der Waals surface area contributed by atoms with Crippen molar-refractivity contribution in [3.63, 3.8) is 0 Å². The highest BCUT2D eigenvalue weighted by Gasteiger charge is 2.67. The quantitative estimate of drug-likeness (QED) is 0.403. The first-order chi connectivity index (χ1) is 15.4. The lowest BCUT2D eigenvalue weighted by Crippen LogP contribution is -2.58. The number of halogens is 2. The third-order valence-electron chi connectivity index (χ3n) is 8.29. The van der Waals surface area contributed by atoms with E-state index < -0.39 is 46.9 Å². The molecule has 4 aliphatic rings. The van der Waals surface area contributed by atoms with Gasteiger partial charge in [0.2, 0.25) is 5.78 Å². The van der Waals surface area contributed by atoms with Gasteiger partial charge in [-0.25, -0.2) is 4.39 Å². The molecule has 0 aromatic heterocycles. The van der Waals surface area contributed by atoms with Crippen molar-refractivity contribution in [2.75, 3.05) is 6.61 Å². The molecule has 4 aliphatic carbocycles. The van der Waals surface area contributed by atoms with Gasteiger partial charge >= 0.3 is 11.9 Å². The maximum Gasteiger partial charge on any atom is 0.303 e. The molecule has 6 atom stereocenters. The molecule has 0 unspecified atom stereocenters. The van der Waals surface area contributed by atoms with Gasteiger partial charge in [0.25, 0.3) is 0 Å². The summed E-state index contributed by atoms with van der Waals surface area (Å²) in [7, 11) is 0. The topological polar surface area (TPSA) is 86.7 Å². The number of ketones is 2. The van der Waals surface area contributed by atoms with Gasteiger partial charge in [0, 0.05) is 24.7 Å². The summed E-state index contributed by atoms with van der Waals surface area (Å²) < 4.78 is 26.6. The van der Waals surface area contributed by atoms with E-state index in [-0.39, 0.29) is 24.0 Å². The number of fused-ring (bicyclic) bond motifs is 5. The number of carbonyl (C=O) groups excluding carboxylic acids is 4. The van der Waals surface area contributed by atoms with Gasteiger partial charge in [0.05, 0.1) is 4.48 Å². The predicted octanol–water partition coefficient (Wildman–Crippen LogP) is 4.32. The Bertz CT molecular complexity index is 1040. The Kier molecular flexibility index (Phi) is 5.83. The number of Topliss-reactive ketones (excluding diaryl/α,β-unsaturated/α-hetero) is 1. The third-order valence-corrected chi connectivity index (χ3v) is 8.91. The van der Waals surface area contributed by atoms with E-state index in [1.54, 1.807) is 6.08 Å². The lowest BCUT2D eigenvalue weighted by Gasteiger charge is -2.54. The van der Waals surface area contributed by atoms with Gasteiger partial charge in [-0.3, -0.25) is 19.2 Å². The van der Waals surface area contributed by atoms with E-state index >= 15 is 4.39 Å². The van der Waals surface area contributed by atoms with Crippen LogP contribution in [0, 0.1) is 22.7 Å². The Labute approximate surface area is 200 Å². The Morgan fingerprint density at radius 1 is 1.18 bits per heavy atom. The fourth-order valence-corrected chi connectivity index (χ4v) is 7.37. The number of hydrogen-bond donors (Lipinski definition) is 0. The molecule has 0 aliphatic heterocycles. The highest BCUT2D eigenvalue weighted by molar-refractivity contribution is 9.12. The van der Waals surface area contributed by atoms with Gasteiger partial charge in [-0.1, -0.05) is 24.6 Å². The summed E-state index contributed by atoms with van der Waals surface area (Å²) in [6, 6.07) is 0. The smallest absolute Gasteiger partial charge is 0.303 e. The average Bonchev–Trinajstić information content (AvgIpc) is 3.01. The van der Waals surface area contributed by atoms with Crippen LogP contribution >= 0.6 is 15.9 Å². The van der Waals surface area contributed by atoms with Gasteiger partial charge in [-0.2, -0.15) is 0 Å². The molecule has 6 nitrogen and oxygen atoms in total. The van der Waals surface area contributed by atoms with Crippen LogP contribution in [-0.2, 0) is 28.7 Å². The van der Waals surface area contributed by atoms with E-state index in [0.717, 1.165) is 5.57 Å². The van der Waals surface area contributed by atoms with Crippen LogP contribution in [0.2, 0.25) is 0 Å². The number of esters is 2. The molecule has 178 valence electrons. The lowest BCUT2D eigenvalue weighted by molar-refractivity contribution is -0.184. The second-order valence-corrected chi connectivity index (χ2v) is 10.9. The first-order valence-electron chi connectivity index (χ1n) is 11.2. The van der Waals surface area contributed by atoms with Crippen LogP contribution < -0.4 is 0 Å². The fraction of sp³-hybridized carbons (Fsp3) is 0.600. The standard InChI is InChI=1S/C25H28BrFO6/c1-13(28)32-12-22(31)25(33-14(2)29)8-6-17-15-9-20(27)18-10-21(30)19(26)11-23(18,3)16(15)5-7-24(17,25)4/h5,10-11,15,17,20H,6-9,12H2,1-4H3/t15-,17+,20-,23-,24+,25+/m1/s1. The van der Waals surface area contributed by atoms with Crippen LogP contribution in [0.25, 0.3) is 0 Å². The number of rotatable bonds is 4. The highest BCUT2D eigenvalue weighted by Crippen LogP contribution is 2.66. The minimum atomic E-state index is -1.44. The molecule has 0 aromatic rings. The number of carbonyl (C=O) groups is 4. The van der Waals surface area contributed by atoms with Gasteiger partial charge < -0.3 is 9.47 Å². The Morgan fingerprint density at radius 2 is 1.88 bits per heavy atom. The zero-order valence-electron chi connectivity index (χ0n) is 19.2. The largest absolute Gasteiger partial charge is 0.458 e. The van der Waals surface area contributed by atoms with Crippen molar-refractivity contribution in [1.82, 2.24) is 0 Å². The molecule has 0 saturated heterocycles. The molecule has 33 heavy (non-hydrogen) atoms. The van der Waals surface area contributed by atoms with Gasteiger partial charge in [-0.05, 0) is 72.0 Å². The van der Waals surface area contributed by atoms with Crippen molar-refractivity contribution in [1.29, 1.82) is 0 Å². The van der Waals surface area contributed by atoms with Crippen LogP contribution in [0.1, 0.15) is 53.4 Å². The first-order valence-corrected chi connectivity index (χ1v) is 12.0. The summed E-state index contributed by atoms with van der Waals surface area (Å²) in [6.45, 7) is 5.86. The van der Waals surface area contributed by atoms with Crippen molar-refractivity contribution in [2.24, 2.45) is 22.7 Å². The number of ether oxygens (including phenoxy) is 2. The van der Waals surface area contributed by atoms with Crippen molar-refractivity contribution in [2.45, 2.75) is 65.2 Å². The van der Waals surface area contributed by atoms with E-state index in [2.05, 4.69) is 15.9 Å². The van der Waals surface area contributed by atoms with Gasteiger partial charge in [0.15, 0.2) is 18.0 Å².